The van der Waals surface area contributed by atoms with Gasteiger partial charge in [-0.2, -0.15) is 21.6 Å². The monoisotopic (exact) mass is 474 g/mol. The van der Waals surface area contributed by atoms with Gasteiger partial charge in [0.15, 0.2) is 0 Å². The molecule has 8 nitrogen and oxygen atoms in total. The highest BCUT2D eigenvalue weighted by atomic mass is 32.2. The number of hydrogen-bond acceptors (Lipinski definition) is 6. The van der Waals surface area contributed by atoms with E-state index in [9.17, 15) is 31.2 Å². The van der Waals surface area contributed by atoms with Crippen molar-refractivity contribution in [2.45, 2.75) is 44.3 Å². The minimum atomic E-state index is -5.95. The molecule has 2 heterocycles. The number of rotatable bonds is 5. The molecule has 1 aromatic carbocycles. The number of allylic oxidation sites excluding steroid dienone is 1. The number of halogens is 3. The van der Waals surface area contributed by atoms with Crippen molar-refractivity contribution >= 4 is 22.1 Å². The zero-order valence-corrected chi connectivity index (χ0v) is 17.9. The minimum absolute atomic E-state index is 0.0359. The Balaban J connectivity index is 1.74. The summed E-state index contributed by atoms with van der Waals surface area (Å²) in [7, 11) is -5.95. The molecule has 0 aromatic heterocycles. The van der Waals surface area contributed by atoms with Crippen molar-refractivity contribution in [1.29, 1.82) is 0 Å². The van der Waals surface area contributed by atoms with Gasteiger partial charge < -0.3 is 8.92 Å². The van der Waals surface area contributed by atoms with E-state index < -0.39 is 39.6 Å². The molecule has 0 saturated carbocycles. The molecular weight excluding hydrogens is 453 g/mol. The average Bonchev–Trinajstić information content (AvgIpc) is 3.13. The molecule has 2 aliphatic heterocycles. The van der Waals surface area contributed by atoms with Gasteiger partial charge in [0.25, 0.3) is 5.91 Å². The van der Waals surface area contributed by atoms with Gasteiger partial charge in [0, 0.05) is 12.7 Å². The molecule has 1 aromatic rings. The third-order valence-electron chi connectivity index (χ3n) is 4.83. The quantitative estimate of drug-likeness (QED) is 0.478. The fourth-order valence-electron chi connectivity index (χ4n) is 3.30. The first-order valence-electron chi connectivity index (χ1n) is 9.68. The maximum atomic E-state index is 13.1. The predicted molar refractivity (Wildman–Crippen MR) is 106 cm³/mol. The Morgan fingerprint density at radius 1 is 1.19 bits per heavy atom. The van der Waals surface area contributed by atoms with Crippen LogP contribution in [-0.4, -0.2) is 48.3 Å². The van der Waals surface area contributed by atoms with Crippen molar-refractivity contribution < 1.29 is 40.1 Å². The van der Waals surface area contributed by atoms with Crippen LogP contribution in [0.2, 0.25) is 0 Å². The van der Waals surface area contributed by atoms with Crippen molar-refractivity contribution in [2.24, 2.45) is 0 Å². The van der Waals surface area contributed by atoms with Crippen LogP contribution < -0.4 is 0 Å². The molecule has 2 aliphatic rings. The van der Waals surface area contributed by atoms with Crippen LogP contribution in [-0.2, 0) is 30.4 Å². The van der Waals surface area contributed by atoms with E-state index in [-0.39, 0.29) is 26.0 Å². The summed E-state index contributed by atoms with van der Waals surface area (Å²) in [5.41, 5.74) is -4.24. The van der Waals surface area contributed by atoms with Crippen LogP contribution in [0.5, 0.6) is 0 Å². The fraction of sp³-hybridized carbons (Fsp3) is 0.400. The SMILES string of the molecule is CC1=CN(C(=O)OCc2ccccc2)C(C(=O)N2CCCC=C2OS(=O)(=O)C(F)(F)F)C1. The summed E-state index contributed by atoms with van der Waals surface area (Å²) in [6.07, 6.45) is 2.47. The van der Waals surface area contributed by atoms with Gasteiger partial charge in [-0.15, -0.1) is 0 Å². The minimum Gasteiger partial charge on any atom is -0.444 e. The lowest BCUT2D eigenvalue weighted by molar-refractivity contribution is -0.135. The summed E-state index contributed by atoms with van der Waals surface area (Å²) in [6, 6.07) is 7.76. The maximum Gasteiger partial charge on any atom is 0.534 e. The maximum absolute atomic E-state index is 13.1. The molecule has 12 heteroatoms. The van der Waals surface area contributed by atoms with E-state index in [0.717, 1.165) is 21.4 Å². The van der Waals surface area contributed by atoms with Crippen molar-refractivity contribution in [3.63, 3.8) is 0 Å². The first kappa shape index (κ1) is 23.6. The van der Waals surface area contributed by atoms with E-state index >= 15 is 0 Å². The van der Waals surface area contributed by atoms with Gasteiger partial charge in [-0.1, -0.05) is 35.9 Å². The van der Waals surface area contributed by atoms with Crippen LogP contribution in [0.15, 0.2) is 54.1 Å². The molecule has 174 valence electrons. The van der Waals surface area contributed by atoms with Gasteiger partial charge in [-0.3, -0.25) is 14.6 Å². The molecule has 32 heavy (non-hydrogen) atoms. The molecular formula is C20H21F3N2O6S. The van der Waals surface area contributed by atoms with Crippen LogP contribution in [0.1, 0.15) is 31.7 Å². The number of hydrogen-bond donors (Lipinski definition) is 0. The van der Waals surface area contributed by atoms with Crippen molar-refractivity contribution in [2.75, 3.05) is 6.54 Å². The van der Waals surface area contributed by atoms with Gasteiger partial charge >= 0.3 is 21.7 Å². The Labute approximate surface area is 183 Å². The van der Waals surface area contributed by atoms with Gasteiger partial charge in [0.2, 0.25) is 5.88 Å². The summed E-state index contributed by atoms with van der Waals surface area (Å²) in [6.45, 7) is 1.59. The van der Waals surface area contributed by atoms with E-state index in [1.165, 1.54) is 6.20 Å². The Hall–Kier alpha value is -3.02. The predicted octanol–water partition coefficient (Wildman–Crippen LogP) is 3.63. The second-order valence-electron chi connectivity index (χ2n) is 7.30. The molecule has 0 fully saturated rings. The summed E-state index contributed by atoms with van der Waals surface area (Å²) in [5.74, 6) is -1.49. The first-order valence-corrected chi connectivity index (χ1v) is 11.1. The zero-order valence-electron chi connectivity index (χ0n) is 17.0. The lowest BCUT2D eigenvalue weighted by Crippen LogP contribution is -2.48. The van der Waals surface area contributed by atoms with E-state index in [0.29, 0.717) is 12.0 Å². The van der Waals surface area contributed by atoms with Crippen LogP contribution in [0.25, 0.3) is 0 Å². The number of carbonyl (C=O) groups is 2. The second-order valence-corrected chi connectivity index (χ2v) is 8.84. The first-order chi connectivity index (χ1) is 15.0. The van der Waals surface area contributed by atoms with Crippen LogP contribution in [0, 0.1) is 0 Å². The Kier molecular flexibility index (Phi) is 6.82. The summed E-state index contributed by atoms with van der Waals surface area (Å²) >= 11 is 0. The fourth-order valence-corrected chi connectivity index (χ4v) is 3.77. The summed E-state index contributed by atoms with van der Waals surface area (Å²) < 4.78 is 70.6. The number of ether oxygens (including phenoxy) is 1. The molecule has 1 atom stereocenters. The van der Waals surface area contributed by atoms with Crippen molar-refractivity contribution in [1.82, 2.24) is 9.80 Å². The second kappa shape index (κ2) is 9.23. The van der Waals surface area contributed by atoms with E-state index in [4.69, 9.17) is 4.74 Å². The van der Waals surface area contributed by atoms with Gasteiger partial charge in [-0.25, -0.2) is 4.79 Å². The third kappa shape index (κ3) is 5.23. The van der Waals surface area contributed by atoms with Crippen LogP contribution >= 0.6 is 0 Å². The van der Waals surface area contributed by atoms with E-state index in [1.807, 2.05) is 0 Å². The number of benzene rings is 1. The molecule has 0 saturated heterocycles. The van der Waals surface area contributed by atoms with Crippen molar-refractivity contribution in [3.8, 4) is 0 Å². The molecule has 0 N–H and O–H groups in total. The van der Waals surface area contributed by atoms with Crippen LogP contribution in [0.4, 0.5) is 18.0 Å². The third-order valence-corrected chi connectivity index (χ3v) is 5.78. The van der Waals surface area contributed by atoms with Crippen LogP contribution in [0.3, 0.4) is 0 Å². The highest BCUT2D eigenvalue weighted by molar-refractivity contribution is 7.87. The Bertz CT molecular complexity index is 1040. The topological polar surface area (TPSA) is 93.2 Å². The number of alkyl halides is 3. The molecule has 3 rings (SSSR count). The van der Waals surface area contributed by atoms with Gasteiger partial charge in [0.05, 0.1) is 0 Å². The number of amides is 2. The largest absolute Gasteiger partial charge is 0.534 e. The summed E-state index contributed by atoms with van der Waals surface area (Å²) in [4.78, 5) is 27.6. The molecule has 0 aliphatic carbocycles. The van der Waals surface area contributed by atoms with Gasteiger partial charge in [-0.05, 0) is 37.8 Å². The molecule has 1 unspecified atom stereocenters. The van der Waals surface area contributed by atoms with E-state index in [2.05, 4.69) is 4.18 Å². The highest BCUT2D eigenvalue weighted by Gasteiger charge is 2.50. The standard InChI is InChI=1S/C20H21F3N2O6S/c1-14-11-16(25(12-14)19(27)30-13-15-7-3-2-4-8-15)18(26)24-10-6-5-9-17(24)31-32(28,29)20(21,22)23/h2-4,7-9,12,16H,5-6,10-11,13H2,1H3. The molecule has 0 bridgehead atoms. The normalized spacial score (nSPS) is 19.3. The lowest BCUT2D eigenvalue weighted by Gasteiger charge is -2.32. The zero-order chi connectivity index (χ0) is 23.5. The van der Waals surface area contributed by atoms with E-state index in [1.54, 1.807) is 37.3 Å². The smallest absolute Gasteiger partial charge is 0.444 e. The Morgan fingerprint density at radius 3 is 2.53 bits per heavy atom. The summed E-state index contributed by atoms with van der Waals surface area (Å²) in [5, 5.41) is 0. The number of nitrogens with zero attached hydrogens (tertiary/aromatic N) is 2. The molecule has 0 radical (unpaired) electrons. The Morgan fingerprint density at radius 2 is 1.88 bits per heavy atom. The average molecular weight is 474 g/mol. The molecule has 0 spiro atoms. The van der Waals surface area contributed by atoms with Gasteiger partial charge in [0.1, 0.15) is 12.6 Å². The highest BCUT2D eigenvalue weighted by Crippen LogP contribution is 2.31. The lowest BCUT2D eigenvalue weighted by atomic mass is 10.1. The number of carbonyl (C=O) groups excluding carboxylic acids is 2. The van der Waals surface area contributed by atoms with Crippen molar-refractivity contribution in [3.05, 3.63) is 59.6 Å². The molecule has 2 amide bonds.